The molecule has 3 rings (SSSR count). The summed E-state index contributed by atoms with van der Waals surface area (Å²) in [6.07, 6.45) is 3.54. The molecule has 17 heavy (non-hydrogen) atoms. The predicted molar refractivity (Wildman–Crippen MR) is 69.1 cm³/mol. The van der Waals surface area contributed by atoms with Gasteiger partial charge in [-0.15, -0.1) is 11.3 Å². The van der Waals surface area contributed by atoms with Gasteiger partial charge in [-0.3, -0.25) is 0 Å². The van der Waals surface area contributed by atoms with Crippen LogP contribution in [0.4, 0.5) is 5.69 Å². The monoisotopic (exact) mass is 242 g/mol. The molecule has 4 nitrogen and oxygen atoms in total. The largest absolute Gasteiger partial charge is 0.396 e. The summed E-state index contributed by atoms with van der Waals surface area (Å²) in [6.45, 7) is 0. The maximum absolute atomic E-state index is 5.97. The molecule has 0 fully saturated rings. The number of anilines is 1. The Morgan fingerprint density at radius 3 is 2.71 bits per heavy atom. The van der Waals surface area contributed by atoms with Gasteiger partial charge < -0.3 is 5.73 Å². The minimum absolute atomic E-state index is 0.659. The number of nitrogens with zero attached hydrogens (tertiary/aromatic N) is 3. The molecule has 0 amide bonds. The van der Waals surface area contributed by atoms with Gasteiger partial charge in [-0.1, -0.05) is 30.3 Å². The number of nitrogen functional groups attached to an aromatic ring is 1. The van der Waals surface area contributed by atoms with Crippen molar-refractivity contribution in [2.45, 2.75) is 0 Å². The van der Waals surface area contributed by atoms with E-state index in [4.69, 9.17) is 5.73 Å². The first-order chi connectivity index (χ1) is 8.34. The Hall–Kier alpha value is -2.14. The summed E-state index contributed by atoms with van der Waals surface area (Å²) in [5.74, 6) is 0. The van der Waals surface area contributed by atoms with Crippen molar-refractivity contribution >= 4 is 17.0 Å². The molecule has 2 N–H and O–H groups in total. The average Bonchev–Trinajstić information content (AvgIpc) is 2.99. The Morgan fingerprint density at radius 1 is 1.18 bits per heavy atom. The normalized spacial score (nSPS) is 10.6. The molecule has 84 valence electrons. The highest BCUT2D eigenvalue weighted by molar-refractivity contribution is 7.12. The zero-order valence-corrected chi connectivity index (χ0v) is 9.76. The third-order valence-corrected chi connectivity index (χ3v) is 3.17. The van der Waals surface area contributed by atoms with Gasteiger partial charge in [0, 0.05) is 17.1 Å². The van der Waals surface area contributed by atoms with Gasteiger partial charge in [-0.25, -0.2) is 9.67 Å². The molecule has 0 aliphatic heterocycles. The topological polar surface area (TPSA) is 56.7 Å². The number of hydrogen-bond acceptors (Lipinski definition) is 4. The van der Waals surface area contributed by atoms with Crippen molar-refractivity contribution in [1.29, 1.82) is 0 Å². The Bertz CT molecular complexity index is 613. The quantitative estimate of drug-likeness (QED) is 0.751. The summed E-state index contributed by atoms with van der Waals surface area (Å²) >= 11 is 1.53. The summed E-state index contributed by atoms with van der Waals surface area (Å²) in [4.78, 5) is 4.20. The lowest BCUT2D eigenvalue weighted by molar-refractivity contribution is 0.873. The first kappa shape index (κ1) is 10.0. The lowest BCUT2D eigenvalue weighted by Crippen LogP contribution is -1.93. The second-order valence-corrected chi connectivity index (χ2v) is 4.43. The van der Waals surface area contributed by atoms with E-state index in [1.54, 1.807) is 17.1 Å². The molecule has 0 atom stereocenters. The molecule has 0 aliphatic carbocycles. The maximum atomic E-state index is 5.97. The van der Waals surface area contributed by atoms with Gasteiger partial charge in [0.2, 0.25) is 5.13 Å². The molecule has 0 unspecified atom stereocenters. The Balaban J connectivity index is 2.08. The smallest absolute Gasteiger partial charge is 0.210 e. The van der Waals surface area contributed by atoms with Crippen LogP contribution in [-0.2, 0) is 0 Å². The number of rotatable bonds is 2. The van der Waals surface area contributed by atoms with Gasteiger partial charge in [0.25, 0.3) is 0 Å². The lowest BCUT2D eigenvalue weighted by atomic mass is 10.1. The molecule has 2 heterocycles. The molecule has 0 aliphatic rings. The highest BCUT2D eigenvalue weighted by Gasteiger charge is 2.10. The van der Waals surface area contributed by atoms with E-state index in [9.17, 15) is 0 Å². The number of benzene rings is 1. The molecular weight excluding hydrogens is 232 g/mol. The second kappa shape index (κ2) is 4.03. The van der Waals surface area contributed by atoms with E-state index in [0.29, 0.717) is 5.69 Å². The van der Waals surface area contributed by atoms with Crippen LogP contribution in [0, 0.1) is 0 Å². The van der Waals surface area contributed by atoms with Crippen LogP contribution in [-0.4, -0.2) is 14.8 Å². The van der Waals surface area contributed by atoms with Crippen LogP contribution >= 0.6 is 11.3 Å². The van der Waals surface area contributed by atoms with E-state index in [1.165, 1.54) is 11.3 Å². The average molecular weight is 242 g/mol. The van der Waals surface area contributed by atoms with E-state index in [1.807, 2.05) is 35.7 Å². The fourth-order valence-electron chi connectivity index (χ4n) is 1.63. The van der Waals surface area contributed by atoms with E-state index in [2.05, 4.69) is 10.1 Å². The molecule has 5 heteroatoms. The van der Waals surface area contributed by atoms with Crippen LogP contribution in [0.2, 0.25) is 0 Å². The predicted octanol–water partition coefficient (Wildman–Crippen LogP) is 2.58. The van der Waals surface area contributed by atoms with Gasteiger partial charge in [0.05, 0.1) is 11.9 Å². The van der Waals surface area contributed by atoms with Crippen LogP contribution in [0.5, 0.6) is 0 Å². The van der Waals surface area contributed by atoms with Gasteiger partial charge in [0.1, 0.15) is 5.69 Å². The SMILES string of the molecule is Nc1cn(-c2nccs2)nc1-c1ccccc1. The van der Waals surface area contributed by atoms with E-state index < -0.39 is 0 Å². The van der Waals surface area contributed by atoms with E-state index in [-0.39, 0.29) is 0 Å². The van der Waals surface area contributed by atoms with E-state index >= 15 is 0 Å². The van der Waals surface area contributed by atoms with Crippen molar-refractivity contribution < 1.29 is 0 Å². The summed E-state index contributed by atoms with van der Waals surface area (Å²) < 4.78 is 1.71. The fraction of sp³-hybridized carbons (Fsp3) is 0. The number of hydrogen-bond donors (Lipinski definition) is 1. The number of nitrogens with two attached hydrogens (primary N) is 1. The lowest BCUT2D eigenvalue weighted by Gasteiger charge is -1.96. The van der Waals surface area contributed by atoms with Crippen LogP contribution < -0.4 is 5.73 Å². The van der Waals surface area contributed by atoms with Crippen LogP contribution in [0.15, 0.2) is 48.1 Å². The number of thiazole rings is 1. The number of aromatic nitrogens is 3. The van der Waals surface area contributed by atoms with Gasteiger partial charge >= 0.3 is 0 Å². The third-order valence-electron chi connectivity index (χ3n) is 2.41. The molecule has 3 aromatic rings. The summed E-state index contributed by atoms with van der Waals surface area (Å²) in [6, 6.07) is 9.89. The fourth-order valence-corrected chi connectivity index (χ4v) is 2.20. The molecule has 0 radical (unpaired) electrons. The standard InChI is InChI=1S/C12H10N4S/c13-10-8-16(12-14-6-7-17-12)15-11(10)9-4-2-1-3-5-9/h1-8H,13H2. The van der Waals surface area contributed by atoms with Crippen molar-refractivity contribution in [3.63, 3.8) is 0 Å². The Morgan fingerprint density at radius 2 is 2.00 bits per heavy atom. The van der Waals surface area contributed by atoms with Crippen molar-refractivity contribution in [3.8, 4) is 16.4 Å². The van der Waals surface area contributed by atoms with Crippen molar-refractivity contribution in [2.24, 2.45) is 0 Å². The zero-order chi connectivity index (χ0) is 11.7. The van der Waals surface area contributed by atoms with Crippen molar-refractivity contribution in [1.82, 2.24) is 14.8 Å². The zero-order valence-electron chi connectivity index (χ0n) is 8.95. The van der Waals surface area contributed by atoms with Crippen LogP contribution in [0.25, 0.3) is 16.4 Å². The molecular formula is C12H10N4S. The Kier molecular flexibility index (Phi) is 2.38. The first-order valence-corrected chi connectivity index (χ1v) is 6.03. The third kappa shape index (κ3) is 1.81. The molecule has 1 aromatic carbocycles. The van der Waals surface area contributed by atoms with Crippen molar-refractivity contribution in [3.05, 3.63) is 48.1 Å². The minimum atomic E-state index is 0.659. The molecule has 2 aromatic heterocycles. The van der Waals surface area contributed by atoms with Gasteiger partial charge in [-0.05, 0) is 0 Å². The summed E-state index contributed by atoms with van der Waals surface area (Å²) in [5, 5.41) is 7.19. The van der Waals surface area contributed by atoms with Gasteiger partial charge in [0.15, 0.2) is 0 Å². The molecule has 0 bridgehead atoms. The summed E-state index contributed by atoms with van der Waals surface area (Å²) in [7, 11) is 0. The molecule has 0 spiro atoms. The Labute approximate surface area is 102 Å². The molecule has 0 saturated heterocycles. The summed E-state index contributed by atoms with van der Waals surface area (Å²) in [5.41, 5.74) is 8.44. The highest BCUT2D eigenvalue weighted by atomic mass is 32.1. The first-order valence-electron chi connectivity index (χ1n) is 5.15. The van der Waals surface area contributed by atoms with Crippen LogP contribution in [0.1, 0.15) is 0 Å². The van der Waals surface area contributed by atoms with Crippen molar-refractivity contribution in [2.75, 3.05) is 5.73 Å². The maximum Gasteiger partial charge on any atom is 0.210 e. The minimum Gasteiger partial charge on any atom is -0.396 e. The second-order valence-electron chi connectivity index (χ2n) is 3.56. The van der Waals surface area contributed by atoms with Gasteiger partial charge in [-0.2, -0.15) is 5.10 Å². The highest BCUT2D eigenvalue weighted by Crippen LogP contribution is 2.25. The molecule has 0 saturated carbocycles. The van der Waals surface area contributed by atoms with Crippen LogP contribution in [0.3, 0.4) is 0 Å². The van der Waals surface area contributed by atoms with E-state index in [0.717, 1.165) is 16.4 Å².